The number of hydrogen-bond acceptors (Lipinski definition) is 1. The fraction of sp³-hybridized carbons (Fsp3) is 0.455. The topological polar surface area (TPSA) is 12.0 Å². The molecule has 0 radical (unpaired) electrons. The monoisotopic (exact) mass is 237 g/mol. The first-order valence-electron chi connectivity index (χ1n) is 4.86. The summed E-state index contributed by atoms with van der Waals surface area (Å²) in [5, 5.41) is 3.57. The second-order valence-corrected chi connectivity index (χ2v) is 4.92. The number of rotatable bonds is 0. The van der Waals surface area contributed by atoms with Gasteiger partial charge >= 0.3 is 0 Å². The van der Waals surface area contributed by atoms with Gasteiger partial charge in [-0.2, -0.15) is 0 Å². The number of fused-ring (bicyclic) bond motifs is 3. The number of halogens is 1. The molecule has 1 fully saturated rings. The first-order valence-corrected chi connectivity index (χ1v) is 5.65. The van der Waals surface area contributed by atoms with E-state index < -0.39 is 0 Å². The average Bonchev–Trinajstić information content (AvgIpc) is 2.62. The SMILES string of the molecule is Brc1ccc2c(c1)CC1NCCC21. The molecule has 1 saturated heterocycles. The summed E-state index contributed by atoms with van der Waals surface area (Å²) in [5.74, 6) is 0.795. The fourth-order valence-electron chi connectivity index (χ4n) is 2.70. The largest absolute Gasteiger partial charge is 0.313 e. The van der Waals surface area contributed by atoms with Gasteiger partial charge < -0.3 is 5.32 Å². The lowest BCUT2D eigenvalue weighted by molar-refractivity contribution is 0.589. The molecule has 2 aliphatic rings. The molecule has 1 aliphatic carbocycles. The zero-order valence-electron chi connectivity index (χ0n) is 7.39. The van der Waals surface area contributed by atoms with Crippen molar-refractivity contribution in [3.05, 3.63) is 33.8 Å². The first-order chi connectivity index (χ1) is 6.34. The van der Waals surface area contributed by atoms with E-state index in [0.717, 1.165) is 12.0 Å². The van der Waals surface area contributed by atoms with Crippen LogP contribution in [0.15, 0.2) is 22.7 Å². The molecule has 1 aromatic rings. The van der Waals surface area contributed by atoms with E-state index in [0.29, 0.717) is 0 Å². The Morgan fingerprint density at radius 1 is 1.38 bits per heavy atom. The lowest BCUT2D eigenvalue weighted by atomic mass is 9.99. The van der Waals surface area contributed by atoms with Gasteiger partial charge in [0.15, 0.2) is 0 Å². The Labute approximate surface area is 86.7 Å². The summed E-state index contributed by atoms with van der Waals surface area (Å²) in [6, 6.07) is 7.45. The van der Waals surface area contributed by atoms with Gasteiger partial charge in [-0.1, -0.05) is 22.0 Å². The molecule has 1 nitrogen and oxygen atoms in total. The predicted octanol–water partition coefficient (Wildman–Crippen LogP) is 2.45. The van der Waals surface area contributed by atoms with Crippen molar-refractivity contribution in [3.8, 4) is 0 Å². The fourth-order valence-corrected chi connectivity index (χ4v) is 3.11. The lowest BCUT2D eigenvalue weighted by Crippen LogP contribution is -2.23. The maximum absolute atomic E-state index is 3.57. The number of benzene rings is 1. The van der Waals surface area contributed by atoms with Crippen molar-refractivity contribution in [2.45, 2.75) is 24.8 Å². The Kier molecular flexibility index (Phi) is 1.74. The molecule has 2 atom stereocenters. The van der Waals surface area contributed by atoms with E-state index in [2.05, 4.69) is 39.4 Å². The molecule has 1 N–H and O–H groups in total. The van der Waals surface area contributed by atoms with Gasteiger partial charge in [0.05, 0.1) is 0 Å². The smallest absolute Gasteiger partial charge is 0.0178 e. The number of nitrogens with one attached hydrogen (secondary N) is 1. The molecule has 68 valence electrons. The van der Waals surface area contributed by atoms with Crippen LogP contribution in [-0.4, -0.2) is 12.6 Å². The Bertz CT molecular complexity index is 348. The van der Waals surface area contributed by atoms with Crippen LogP contribution in [0.25, 0.3) is 0 Å². The summed E-state index contributed by atoms with van der Waals surface area (Å²) in [4.78, 5) is 0. The van der Waals surface area contributed by atoms with Crippen molar-refractivity contribution < 1.29 is 0 Å². The third-order valence-corrected chi connectivity index (χ3v) is 3.79. The van der Waals surface area contributed by atoms with Gasteiger partial charge in [-0.15, -0.1) is 0 Å². The molecular weight excluding hydrogens is 226 g/mol. The summed E-state index contributed by atoms with van der Waals surface area (Å²) in [7, 11) is 0. The van der Waals surface area contributed by atoms with Crippen LogP contribution >= 0.6 is 15.9 Å². The van der Waals surface area contributed by atoms with Crippen molar-refractivity contribution in [3.63, 3.8) is 0 Å². The van der Waals surface area contributed by atoms with Gasteiger partial charge in [0.2, 0.25) is 0 Å². The Morgan fingerprint density at radius 3 is 3.23 bits per heavy atom. The van der Waals surface area contributed by atoms with Gasteiger partial charge in [-0.25, -0.2) is 0 Å². The maximum atomic E-state index is 3.57. The van der Waals surface area contributed by atoms with Gasteiger partial charge in [0.1, 0.15) is 0 Å². The van der Waals surface area contributed by atoms with Gasteiger partial charge in [0.25, 0.3) is 0 Å². The second kappa shape index (κ2) is 2.82. The molecule has 0 aromatic heterocycles. The molecule has 2 heteroatoms. The Hall–Kier alpha value is -0.340. The predicted molar refractivity (Wildman–Crippen MR) is 57.0 cm³/mol. The van der Waals surface area contributed by atoms with Gasteiger partial charge in [-0.05, 0) is 42.6 Å². The molecule has 3 rings (SSSR count). The highest BCUT2D eigenvalue weighted by Gasteiger charge is 2.35. The molecule has 0 saturated carbocycles. The lowest BCUT2D eigenvalue weighted by Gasteiger charge is -2.08. The van der Waals surface area contributed by atoms with Crippen LogP contribution in [0.4, 0.5) is 0 Å². The minimum atomic E-state index is 0.726. The van der Waals surface area contributed by atoms with E-state index >= 15 is 0 Å². The van der Waals surface area contributed by atoms with E-state index in [1.165, 1.54) is 29.4 Å². The van der Waals surface area contributed by atoms with Crippen molar-refractivity contribution in [2.75, 3.05) is 6.54 Å². The van der Waals surface area contributed by atoms with Crippen LogP contribution in [-0.2, 0) is 6.42 Å². The molecule has 0 amide bonds. The third-order valence-electron chi connectivity index (χ3n) is 3.29. The van der Waals surface area contributed by atoms with Crippen LogP contribution < -0.4 is 5.32 Å². The summed E-state index contributed by atoms with van der Waals surface area (Å²) < 4.78 is 1.21. The average molecular weight is 238 g/mol. The quantitative estimate of drug-likeness (QED) is 0.732. The zero-order valence-corrected chi connectivity index (χ0v) is 8.97. The first kappa shape index (κ1) is 8.01. The summed E-state index contributed by atoms with van der Waals surface area (Å²) in [6.45, 7) is 1.20. The molecule has 13 heavy (non-hydrogen) atoms. The minimum Gasteiger partial charge on any atom is -0.313 e. The maximum Gasteiger partial charge on any atom is 0.0178 e. The standard InChI is InChI=1S/C11H12BrN/c12-8-1-2-9-7(5-8)6-11-10(9)3-4-13-11/h1-2,5,10-11,13H,3-4,6H2. The van der Waals surface area contributed by atoms with Crippen molar-refractivity contribution in [1.82, 2.24) is 5.32 Å². The molecule has 2 unspecified atom stereocenters. The summed E-state index contributed by atoms with van der Waals surface area (Å²) in [6.07, 6.45) is 2.54. The van der Waals surface area contributed by atoms with E-state index in [1.54, 1.807) is 5.56 Å². The van der Waals surface area contributed by atoms with Crippen LogP contribution in [0.5, 0.6) is 0 Å². The van der Waals surface area contributed by atoms with E-state index in [9.17, 15) is 0 Å². The van der Waals surface area contributed by atoms with Crippen LogP contribution in [0.2, 0.25) is 0 Å². The summed E-state index contributed by atoms with van der Waals surface area (Å²) in [5.41, 5.74) is 3.12. The molecule has 1 heterocycles. The van der Waals surface area contributed by atoms with Crippen molar-refractivity contribution >= 4 is 15.9 Å². The summed E-state index contributed by atoms with van der Waals surface area (Å²) >= 11 is 3.52. The highest BCUT2D eigenvalue weighted by Crippen LogP contribution is 2.39. The van der Waals surface area contributed by atoms with Crippen LogP contribution in [0.1, 0.15) is 23.5 Å². The molecular formula is C11H12BrN. The molecule has 0 bridgehead atoms. The Morgan fingerprint density at radius 2 is 2.31 bits per heavy atom. The molecule has 1 aliphatic heterocycles. The van der Waals surface area contributed by atoms with E-state index in [4.69, 9.17) is 0 Å². The highest BCUT2D eigenvalue weighted by molar-refractivity contribution is 9.10. The number of hydrogen-bond donors (Lipinski definition) is 1. The second-order valence-electron chi connectivity index (χ2n) is 4.00. The molecule has 0 spiro atoms. The third kappa shape index (κ3) is 1.16. The van der Waals surface area contributed by atoms with Gasteiger partial charge in [-0.3, -0.25) is 0 Å². The van der Waals surface area contributed by atoms with Crippen molar-refractivity contribution in [2.24, 2.45) is 0 Å². The minimum absolute atomic E-state index is 0.726. The van der Waals surface area contributed by atoms with Crippen molar-refractivity contribution in [1.29, 1.82) is 0 Å². The van der Waals surface area contributed by atoms with E-state index in [1.807, 2.05) is 0 Å². The Balaban J connectivity index is 2.08. The van der Waals surface area contributed by atoms with Crippen LogP contribution in [0, 0.1) is 0 Å². The normalized spacial score (nSPS) is 30.2. The highest BCUT2D eigenvalue weighted by atomic mass is 79.9. The van der Waals surface area contributed by atoms with Gasteiger partial charge in [0, 0.05) is 16.4 Å². The molecule has 1 aromatic carbocycles. The van der Waals surface area contributed by atoms with E-state index in [-0.39, 0.29) is 0 Å². The van der Waals surface area contributed by atoms with Crippen LogP contribution in [0.3, 0.4) is 0 Å². The zero-order chi connectivity index (χ0) is 8.84.